The molecule has 0 aliphatic carbocycles. The number of nitrogens with zero attached hydrogens (tertiary/aromatic N) is 2. The SMILES string of the molecule is C[C@H](NC(=O)[C@H](CCCCN)NC(=O)[C@H](Cc1cnc[nH]1)NC(=O)[C@H](CCCN=C(N)N)NC(=O)[C@H](Cc1ccccc1)NC(=O)[C@H](CCC(=O)O)NC(=O)[C@@H](N)[C@@H](C)O)C(=O)N[C@@H](CS)C(=O)O. The Kier molecular flexibility index (Phi) is 25.8. The van der Waals surface area contributed by atoms with Crippen molar-refractivity contribution in [3.63, 3.8) is 0 Å². The zero-order valence-corrected chi connectivity index (χ0v) is 39.3. The first kappa shape index (κ1) is 58.3. The van der Waals surface area contributed by atoms with Crippen LogP contribution in [0.15, 0.2) is 47.8 Å². The van der Waals surface area contributed by atoms with E-state index >= 15 is 0 Å². The summed E-state index contributed by atoms with van der Waals surface area (Å²) in [6.45, 7) is 2.82. The molecular weight excluding hydrogens is 925 g/mol. The number of aliphatic hydroxyl groups is 1. The van der Waals surface area contributed by atoms with Crippen molar-refractivity contribution in [3.05, 3.63) is 54.1 Å². The maximum Gasteiger partial charge on any atom is 0.327 e. The number of guanidine groups is 1. The van der Waals surface area contributed by atoms with Gasteiger partial charge in [0.25, 0.3) is 0 Å². The Morgan fingerprint density at radius 3 is 1.70 bits per heavy atom. The van der Waals surface area contributed by atoms with Crippen LogP contribution in [0.3, 0.4) is 0 Å². The van der Waals surface area contributed by atoms with Crippen LogP contribution in [-0.4, -0.2) is 158 Å². The monoisotopic (exact) mass is 990 g/mol. The zero-order chi connectivity index (χ0) is 51.6. The van der Waals surface area contributed by atoms with Gasteiger partial charge in [0, 0.05) is 43.5 Å². The molecule has 2 aromatic rings. The second kappa shape index (κ2) is 30.5. The van der Waals surface area contributed by atoms with E-state index in [1.807, 2.05) is 0 Å². The number of aliphatic imine (C=N–C) groups is 1. The third-order valence-corrected chi connectivity index (χ3v) is 10.7. The molecule has 382 valence electrons. The number of aliphatic hydroxyl groups excluding tert-OH is 1. The Balaban J connectivity index is 2.51. The fourth-order valence-electron chi connectivity index (χ4n) is 6.39. The van der Waals surface area contributed by atoms with E-state index in [1.165, 1.54) is 26.4 Å². The van der Waals surface area contributed by atoms with E-state index in [-0.39, 0.29) is 56.9 Å². The van der Waals surface area contributed by atoms with Gasteiger partial charge in [-0.1, -0.05) is 30.3 Å². The number of carboxylic acid groups (broad SMARTS) is 2. The lowest BCUT2D eigenvalue weighted by molar-refractivity contribution is -0.141. The molecule has 0 aliphatic rings. The summed E-state index contributed by atoms with van der Waals surface area (Å²) >= 11 is 3.93. The van der Waals surface area contributed by atoms with Gasteiger partial charge in [-0.25, -0.2) is 9.78 Å². The van der Waals surface area contributed by atoms with Crippen LogP contribution in [0.5, 0.6) is 0 Å². The average Bonchev–Trinajstić information content (AvgIpc) is 3.82. The van der Waals surface area contributed by atoms with Gasteiger partial charge in [0.05, 0.1) is 12.4 Å². The summed E-state index contributed by atoms with van der Waals surface area (Å²) in [6.07, 6.45) is 0.815. The predicted octanol–water partition coefficient (Wildman–Crippen LogP) is -4.62. The molecule has 0 aliphatic heterocycles. The summed E-state index contributed by atoms with van der Waals surface area (Å²) in [5.74, 6) is -9.38. The Labute approximate surface area is 403 Å². The van der Waals surface area contributed by atoms with Crippen LogP contribution in [0.1, 0.15) is 70.1 Å². The van der Waals surface area contributed by atoms with Gasteiger partial charge < -0.3 is 80.5 Å². The number of aromatic amines is 1. The maximum atomic E-state index is 14.3. The Morgan fingerprint density at radius 2 is 1.19 bits per heavy atom. The van der Waals surface area contributed by atoms with Gasteiger partial charge in [-0.05, 0) is 64.5 Å². The van der Waals surface area contributed by atoms with Gasteiger partial charge in [0.1, 0.15) is 48.3 Å². The highest BCUT2D eigenvalue weighted by molar-refractivity contribution is 7.80. The number of carboxylic acids is 2. The normalized spacial score (nSPS) is 14.9. The summed E-state index contributed by atoms with van der Waals surface area (Å²) in [5.41, 5.74) is 23.4. The number of amides is 7. The lowest BCUT2D eigenvalue weighted by Gasteiger charge is -2.28. The maximum absolute atomic E-state index is 14.3. The molecule has 1 heterocycles. The molecule has 26 nitrogen and oxygen atoms in total. The van der Waals surface area contributed by atoms with Gasteiger partial charge in [-0.3, -0.25) is 43.3 Å². The van der Waals surface area contributed by atoms with Crippen molar-refractivity contribution in [1.29, 1.82) is 0 Å². The molecule has 0 spiro atoms. The standard InChI is InChI=1S/C42H66N14O12S/c1-22(34(60)56-31(20-69)41(67)68)50-35(61)26(11-6-7-15-43)51-39(65)30(18-25-19-47-21-49-25)55-36(62)27(12-8-16-48-42(45)46)52-38(64)29(17-24-9-4-3-5-10-24)54-37(63)28(13-14-32(58)59)53-40(66)33(44)23(2)57/h3-5,9-10,19,21-23,26-31,33,57,69H,6-8,11-18,20,43-44H2,1-2H3,(H,47,49)(H,50,61)(H,51,65)(H,52,64)(H,53,66)(H,54,63)(H,55,62)(H,56,60)(H,58,59)(H,67,68)(H4,45,46,48)/t22-,23+,26-,27-,28-,29-,30-,31-,33-/m0/s1. The van der Waals surface area contributed by atoms with Crippen LogP contribution < -0.4 is 60.2 Å². The van der Waals surface area contributed by atoms with Crippen molar-refractivity contribution in [3.8, 4) is 0 Å². The fourth-order valence-corrected chi connectivity index (χ4v) is 6.64. The van der Waals surface area contributed by atoms with Crippen LogP contribution >= 0.6 is 12.6 Å². The number of aliphatic carboxylic acids is 2. The number of rotatable bonds is 32. The minimum absolute atomic E-state index is 0.00537. The van der Waals surface area contributed by atoms with Gasteiger partial charge in [-0.2, -0.15) is 12.6 Å². The van der Waals surface area contributed by atoms with E-state index < -0.39 is 121 Å². The first-order chi connectivity index (χ1) is 32.7. The van der Waals surface area contributed by atoms with Crippen LogP contribution in [0, 0.1) is 0 Å². The van der Waals surface area contributed by atoms with E-state index in [0.29, 0.717) is 24.1 Å². The minimum atomic E-state index is -1.53. The van der Waals surface area contributed by atoms with Crippen LogP contribution in [0.4, 0.5) is 0 Å². The third kappa shape index (κ3) is 21.8. The molecular formula is C42H66N14O12S. The first-order valence-electron chi connectivity index (χ1n) is 22.1. The van der Waals surface area contributed by atoms with E-state index in [1.54, 1.807) is 30.3 Å². The molecule has 0 saturated heterocycles. The predicted molar refractivity (Wildman–Crippen MR) is 252 cm³/mol. The highest BCUT2D eigenvalue weighted by atomic mass is 32.1. The van der Waals surface area contributed by atoms with Crippen molar-refractivity contribution >= 4 is 71.9 Å². The molecule has 19 N–H and O–H groups in total. The van der Waals surface area contributed by atoms with Gasteiger partial charge >= 0.3 is 11.9 Å². The second-order valence-corrected chi connectivity index (χ2v) is 16.4. The molecule has 1 aromatic carbocycles. The number of carbonyl (C=O) groups excluding carboxylic acids is 7. The van der Waals surface area contributed by atoms with E-state index in [9.17, 15) is 58.5 Å². The highest BCUT2D eigenvalue weighted by Crippen LogP contribution is 2.10. The molecule has 1 aromatic heterocycles. The van der Waals surface area contributed by atoms with Crippen molar-refractivity contribution in [2.75, 3.05) is 18.8 Å². The lowest BCUT2D eigenvalue weighted by Crippen LogP contribution is -2.60. The van der Waals surface area contributed by atoms with Crippen LogP contribution in [0.25, 0.3) is 0 Å². The summed E-state index contributed by atoms with van der Waals surface area (Å²) in [7, 11) is 0. The highest BCUT2D eigenvalue weighted by Gasteiger charge is 2.34. The Bertz CT molecular complexity index is 2040. The number of nitrogens with one attached hydrogen (secondary N) is 8. The number of hydrogen-bond acceptors (Lipinski definition) is 15. The van der Waals surface area contributed by atoms with Gasteiger partial charge in [0.15, 0.2) is 5.96 Å². The van der Waals surface area contributed by atoms with Crippen LogP contribution in [0.2, 0.25) is 0 Å². The second-order valence-electron chi connectivity index (χ2n) is 16.0. The number of aromatic nitrogens is 2. The number of imidazole rings is 1. The number of benzene rings is 1. The molecule has 7 amide bonds. The van der Waals surface area contributed by atoms with Crippen molar-refractivity contribution < 1.29 is 58.5 Å². The molecule has 27 heteroatoms. The van der Waals surface area contributed by atoms with Crippen molar-refractivity contribution in [2.45, 2.75) is 126 Å². The molecule has 0 unspecified atom stereocenters. The van der Waals surface area contributed by atoms with Crippen molar-refractivity contribution in [2.24, 2.45) is 27.9 Å². The summed E-state index contributed by atoms with van der Waals surface area (Å²) in [5, 5.41) is 46.1. The minimum Gasteiger partial charge on any atom is -0.481 e. The quantitative estimate of drug-likeness (QED) is 0.0142. The number of nitrogens with two attached hydrogens (primary N) is 4. The molecule has 0 fully saturated rings. The summed E-state index contributed by atoms with van der Waals surface area (Å²) in [4.78, 5) is 129. The molecule has 2 rings (SSSR count). The summed E-state index contributed by atoms with van der Waals surface area (Å²) in [6, 6.07) is -2.86. The molecule has 69 heavy (non-hydrogen) atoms. The Morgan fingerprint density at radius 1 is 0.681 bits per heavy atom. The number of hydrogen-bond donors (Lipinski definition) is 16. The number of carbonyl (C=O) groups is 9. The number of H-pyrrole nitrogens is 1. The fraction of sp³-hybridized carbons (Fsp3) is 0.548. The molecule has 0 bridgehead atoms. The van der Waals surface area contributed by atoms with Gasteiger partial charge in [0.2, 0.25) is 41.4 Å². The smallest absolute Gasteiger partial charge is 0.327 e. The Hall–Kier alpha value is -6.84. The van der Waals surface area contributed by atoms with E-state index in [0.717, 1.165) is 0 Å². The zero-order valence-electron chi connectivity index (χ0n) is 38.4. The average molecular weight is 991 g/mol. The number of thiol groups is 1. The lowest BCUT2D eigenvalue weighted by atomic mass is 10.0. The van der Waals surface area contributed by atoms with Gasteiger partial charge in [-0.15, -0.1) is 0 Å². The largest absolute Gasteiger partial charge is 0.481 e. The molecule has 0 saturated carbocycles. The number of unbranched alkanes of at least 4 members (excludes halogenated alkanes) is 1. The van der Waals surface area contributed by atoms with E-state index in [4.69, 9.17) is 22.9 Å². The topological polar surface area (TPSA) is 444 Å². The van der Waals surface area contributed by atoms with Crippen molar-refractivity contribution in [1.82, 2.24) is 47.2 Å². The first-order valence-corrected chi connectivity index (χ1v) is 22.7. The summed E-state index contributed by atoms with van der Waals surface area (Å²) < 4.78 is 0. The van der Waals surface area contributed by atoms with Crippen LogP contribution in [-0.2, 0) is 56.0 Å². The molecule has 9 atom stereocenters. The third-order valence-electron chi connectivity index (χ3n) is 10.3. The van der Waals surface area contributed by atoms with E-state index in [2.05, 4.69) is 64.8 Å². The molecule has 0 radical (unpaired) electrons.